The maximum Gasteiger partial charge on any atom is 0.225 e. The van der Waals surface area contributed by atoms with E-state index in [4.69, 9.17) is 16.9 Å². The van der Waals surface area contributed by atoms with E-state index in [-0.39, 0.29) is 5.92 Å². The average molecular weight is 395 g/mol. The van der Waals surface area contributed by atoms with Crippen LogP contribution in [-0.2, 0) is 4.79 Å². The number of hydrogen-bond donors (Lipinski definition) is 0. The van der Waals surface area contributed by atoms with Crippen molar-refractivity contribution in [2.75, 3.05) is 31.1 Å². The first-order chi connectivity index (χ1) is 13.6. The Morgan fingerprint density at radius 3 is 2.46 bits per heavy atom. The van der Waals surface area contributed by atoms with Gasteiger partial charge in [-0.25, -0.2) is 4.98 Å². The summed E-state index contributed by atoms with van der Waals surface area (Å²) in [6.45, 7) is 3.29. The number of piperidine rings is 1. The van der Waals surface area contributed by atoms with Crippen molar-refractivity contribution in [3.8, 4) is 6.07 Å². The fourth-order valence-corrected chi connectivity index (χ4v) is 4.35. The van der Waals surface area contributed by atoms with E-state index in [0.717, 1.165) is 56.3 Å². The number of nitrogens with zero attached hydrogens (tertiary/aromatic N) is 4. The molecular formula is C22H23ClN4O. The summed E-state index contributed by atoms with van der Waals surface area (Å²) in [6.07, 6.45) is 4.32. The van der Waals surface area contributed by atoms with Gasteiger partial charge in [0.2, 0.25) is 5.91 Å². The number of likely N-dealkylation sites (tertiary alicyclic amines) is 1. The van der Waals surface area contributed by atoms with Crippen LogP contribution in [0.5, 0.6) is 0 Å². The minimum absolute atomic E-state index is 0.0959. The first kappa shape index (κ1) is 18.8. The van der Waals surface area contributed by atoms with Crippen LogP contribution in [0.2, 0.25) is 5.02 Å². The van der Waals surface area contributed by atoms with Crippen LogP contribution in [0.15, 0.2) is 42.6 Å². The van der Waals surface area contributed by atoms with Crippen LogP contribution in [-0.4, -0.2) is 42.0 Å². The van der Waals surface area contributed by atoms with Crippen LogP contribution in [0.4, 0.5) is 5.82 Å². The third-order valence-electron chi connectivity index (χ3n) is 5.89. The van der Waals surface area contributed by atoms with Gasteiger partial charge in [0, 0.05) is 49.2 Å². The first-order valence-corrected chi connectivity index (χ1v) is 10.2. The molecule has 1 atom stereocenters. The number of carbonyl (C=O) groups excluding carboxylic acids is 1. The quantitative estimate of drug-likeness (QED) is 0.793. The molecule has 2 aliphatic rings. The Morgan fingerprint density at radius 1 is 1.07 bits per heavy atom. The van der Waals surface area contributed by atoms with E-state index in [9.17, 15) is 4.79 Å². The molecule has 2 aliphatic heterocycles. The number of carbonyl (C=O) groups is 1. The summed E-state index contributed by atoms with van der Waals surface area (Å²) in [7, 11) is 0. The lowest BCUT2D eigenvalue weighted by atomic mass is 9.95. The van der Waals surface area contributed by atoms with Crippen molar-refractivity contribution in [3.05, 3.63) is 58.7 Å². The second kappa shape index (κ2) is 8.20. The van der Waals surface area contributed by atoms with Crippen LogP contribution >= 0.6 is 11.6 Å². The largest absolute Gasteiger partial charge is 0.357 e. The lowest BCUT2D eigenvalue weighted by molar-refractivity contribution is -0.135. The van der Waals surface area contributed by atoms with E-state index in [1.165, 1.54) is 5.56 Å². The Kier molecular flexibility index (Phi) is 5.50. The van der Waals surface area contributed by atoms with Gasteiger partial charge in [-0.3, -0.25) is 4.79 Å². The SMILES string of the molecule is N#Cc1ccc(N2CCC(C(=O)N3CC[C@H](c4ccc(Cl)cc4)C3)CC2)nc1. The van der Waals surface area contributed by atoms with Gasteiger partial charge in [-0.1, -0.05) is 23.7 Å². The molecule has 0 radical (unpaired) electrons. The number of anilines is 1. The van der Waals surface area contributed by atoms with Crippen molar-refractivity contribution < 1.29 is 4.79 Å². The molecule has 28 heavy (non-hydrogen) atoms. The monoisotopic (exact) mass is 394 g/mol. The third kappa shape index (κ3) is 3.98. The van der Waals surface area contributed by atoms with E-state index in [2.05, 4.69) is 28.1 Å². The van der Waals surface area contributed by atoms with Crippen LogP contribution in [0.3, 0.4) is 0 Å². The number of pyridine rings is 1. The van der Waals surface area contributed by atoms with Gasteiger partial charge in [-0.05, 0) is 49.1 Å². The molecule has 0 bridgehead atoms. The summed E-state index contributed by atoms with van der Waals surface area (Å²) in [6, 6.07) is 13.8. The highest BCUT2D eigenvalue weighted by Crippen LogP contribution is 2.31. The summed E-state index contributed by atoms with van der Waals surface area (Å²) in [4.78, 5) is 21.6. The molecule has 0 N–H and O–H groups in total. The Hall–Kier alpha value is -2.58. The van der Waals surface area contributed by atoms with Gasteiger partial charge >= 0.3 is 0 Å². The number of rotatable bonds is 3. The summed E-state index contributed by atoms with van der Waals surface area (Å²) < 4.78 is 0. The van der Waals surface area contributed by atoms with Gasteiger partial charge in [-0.15, -0.1) is 0 Å². The highest BCUT2D eigenvalue weighted by molar-refractivity contribution is 6.30. The van der Waals surface area contributed by atoms with Crippen molar-refractivity contribution in [3.63, 3.8) is 0 Å². The van der Waals surface area contributed by atoms with Crippen molar-refractivity contribution in [1.29, 1.82) is 5.26 Å². The van der Waals surface area contributed by atoms with E-state index < -0.39 is 0 Å². The summed E-state index contributed by atoms with van der Waals surface area (Å²) >= 11 is 5.98. The zero-order valence-corrected chi connectivity index (χ0v) is 16.5. The highest BCUT2D eigenvalue weighted by atomic mass is 35.5. The first-order valence-electron chi connectivity index (χ1n) is 9.79. The normalized spacial score (nSPS) is 20.2. The minimum Gasteiger partial charge on any atom is -0.357 e. The van der Waals surface area contributed by atoms with Gasteiger partial charge in [0.05, 0.1) is 5.56 Å². The van der Waals surface area contributed by atoms with Crippen molar-refractivity contribution in [2.45, 2.75) is 25.2 Å². The van der Waals surface area contributed by atoms with Gasteiger partial charge in [0.1, 0.15) is 11.9 Å². The summed E-state index contributed by atoms with van der Waals surface area (Å²) in [5.41, 5.74) is 1.83. The van der Waals surface area contributed by atoms with Gasteiger partial charge in [0.15, 0.2) is 0 Å². The minimum atomic E-state index is 0.0959. The number of hydrogen-bond acceptors (Lipinski definition) is 4. The molecule has 0 saturated carbocycles. The van der Waals surface area contributed by atoms with Gasteiger partial charge in [0.25, 0.3) is 0 Å². The predicted octanol–water partition coefficient (Wildman–Crippen LogP) is 3.84. The molecule has 1 amide bonds. The van der Waals surface area contributed by atoms with E-state index in [1.54, 1.807) is 12.3 Å². The van der Waals surface area contributed by atoms with Crippen LogP contribution in [0.25, 0.3) is 0 Å². The topological polar surface area (TPSA) is 60.2 Å². The molecule has 2 saturated heterocycles. The Labute approximate surface area is 170 Å². The average Bonchev–Trinajstić information content (AvgIpc) is 3.24. The van der Waals surface area contributed by atoms with Crippen LogP contribution in [0.1, 0.15) is 36.3 Å². The number of halogens is 1. The maximum absolute atomic E-state index is 13.0. The molecule has 6 heteroatoms. The fourth-order valence-electron chi connectivity index (χ4n) is 4.22. The fraction of sp³-hybridized carbons (Fsp3) is 0.409. The van der Waals surface area contributed by atoms with Crippen molar-refractivity contribution in [1.82, 2.24) is 9.88 Å². The highest BCUT2D eigenvalue weighted by Gasteiger charge is 2.33. The number of nitriles is 1. The Morgan fingerprint density at radius 2 is 1.82 bits per heavy atom. The van der Waals surface area contributed by atoms with Gasteiger partial charge < -0.3 is 9.80 Å². The molecule has 2 fully saturated rings. The lowest BCUT2D eigenvalue weighted by Crippen LogP contribution is -2.42. The molecule has 1 aromatic heterocycles. The molecule has 2 aromatic rings. The van der Waals surface area contributed by atoms with E-state index in [0.29, 0.717) is 17.4 Å². The second-order valence-electron chi connectivity index (χ2n) is 7.60. The lowest BCUT2D eigenvalue weighted by Gasteiger charge is -2.34. The maximum atomic E-state index is 13.0. The number of aromatic nitrogens is 1. The number of benzene rings is 1. The molecule has 3 heterocycles. The predicted molar refractivity (Wildman–Crippen MR) is 109 cm³/mol. The third-order valence-corrected chi connectivity index (χ3v) is 6.14. The number of amides is 1. The summed E-state index contributed by atoms with van der Waals surface area (Å²) in [5, 5.41) is 9.64. The second-order valence-corrected chi connectivity index (χ2v) is 8.04. The molecule has 144 valence electrons. The van der Waals surface area contributed by atoms with E-state index >= 15 is 0 Å². The van der Waals surface area contributed by atoms with Crippen LogP contribution in [0, 0.1) is 17.2 Å². The molecule has 0 aliphatic carbocycles. The molecule has 1 aromatic carbocycles. The van der Waals surface area contributed by atoms with Crippen molar-refractivity contribution in [2.24, 2.45) is 5.92 Å². The Balaban J connectivity index is 1.31. The molecule has 0 unspecified atom stereocenters. The molecular weight excluding hydrogens is 372 g/mol. The molecule has 0 spiro atoms. The van der Waals surface area contributed by atoms with E-state index in [1.807, 2.05) is 23.1 Å². The van der Waals surface area contributed by atoms with Crippen LogP contribution < -0.4 is 4.90 Å². The zero-order valence-electron chi connectivity index (χ0n) is 15.7. The van der Waals surface area contributed by atoms with Gasteiger partial charge in [-0.2, -0.15) is 5.26 Å². The van der Waals surface area contributed by atoms with Crippen molar-refractivity contribution >= 4 is 23.3 Å². The zero-order chi connectivity index (χ0) is 19.5. The smallest absolute Gasteiger partial charge is 0.225 e. The summed E-state index contributed by atoms with van der Waals surface area (Å²) in [5.74, 6) is 1.68. The Bertz CT molecular complexity index is 867. The molecule has 5 nitrogen and oxygen atoms in total. The molecule has 4 rings (SSSR count). The standard InChI is InChI=1S/C22H23ClN4O/c23-20-4-2-17(3-5-20)19-9-12-27(15-19)22(28)18-7-10-26(11-8-18)21-6-1-16(13-24)14-25-21/h1-6,14,18-19H,7-12,15H2/t19-/m0/s1.